The zero-order chi connectivity index (χ0) is 15.1. The van der Waals surface area contributed by atoms with Crippen molar-refractivity contribution in [3.8, 4) is 0 Å². The van der Waals surface area contributed by atoms with Gasteiger partial charge in [-0.1, -0.05) is 15.9 Å². The van der Waals surface area contributed by atoms with Gasteiger partial charge in [0.2, 0.25) is 0 Å². The van der Waals surface area contributed by atoms with E-state index in [4.69, 9.17) is 0 Å². The van der Waals surface area contributed by atoms with Crippen molar-refractivity contribution in [3.05, 3.63) is 28.5 Å². The summed E-state index contributed by atoms with van der Waals surface area (Å²) in [7, 11) is 0. The van der Waals surface area contributed by atoms with Crippen LogP contribution in [-0.4, -0.2) is 34.1 Å². The molecule has 2 aliphatic rings. The van der Waals surface area contributed by atoms with Crippen molar-refractivity contribution in [1.82, 2.24) is 4.90 Å². The highest BCUT2D eigenvalue weighted by atomic mass is 79.9. The minimum Gasteiger partial charge on any atom is -0.481 e. The van der Waals surface area contributed by atoms with E-state index in [9.17, 15) is 19.1 Å². The lowest BCUT2D eigenvalue weighted by Crippen LogP contribution is -2.40. The number of carboxylic acids is 1. The van der Waals surface area contributed by atoms with Crippen molar-refractivity contribution in [2.45, 2.75) is 31.3 Å². The van der Waals surface area contributed by atoms with Gasteiger partial charge in [0.05, 0.1) is 11.6 Å². The Balaban J connectivity index is 1.76. The summed E-state index contributed by atoms with van der Waals surface area (Å²) >= 11 is 3.15. The number of urea groups is 1. The molecule has 7 heteroatoms. The van der Waals surface area contributed by atoms with Crippen molar-refractivity contribution in [2.24, 2.45) is 5.92 Å². The number of benzene rings is 1. The average Bonchev–Trinajstić information content (AvgIpc) is 2.99. The topological polar surface area (TPSA) is 69.6 Å². The van der Waals surface area contributed by atoms with Crippen molar-refractivity contribution in [2.75, 3.05) is 5.32 Å². The van der Waals surface area contributed by atoms with Crippen molar-refractivity contribution in [1.29, 1.82) is 0 Å². The van der Waals surface area contributed by atoms with Gasteiger partial charge in [-0.2, -0.15) is 0 Å². The van der Waals surface area contributed by atoms with Gasteiger partial charge in [0.25, 0.3) is 0 Å². The summed E-state index contributed by atoms with van der Waals surface area (Å²) in [6, 6.07) is 3.61. The largest absolute Gasteiger partial charge is 0.481 e. The fourth-order valence-corrected chi connectivity index (χ4v) is 3.67. The maximum atomic E-state index is 13.8. The average molecular weight is 357 g/mol. The Morgan fingerprint density at radius 3 is 2.76 bits per heavy atom. The molecule has 0 aliphatic carbocycles. The number of hydrogen-bond acceptors (Lipinski definition) is 2. The first-order valence-corrected chi connectivity index (χ1v) is 7.54. The summed E-state index contributed by atoms with van der Waals surface area (Å²) in [6.07, 6.45) is 1.98. The highest BCUT2D eigenvalue weighted by Crippen LogP contribution is 2.42. The molecule has 1 aromatic carbocycles. The van der Waals surface area contributed by atoms with Crippen LogP contribution >= 0.6 is 15.9 Å². The van der Waals surface area contributed by atoms with E-state index in [1.807, 2.05) is 0 Å². The van der Waals surface area contributed by atoms with Crippen molar-refractivity contribution >= 4 is 33.6 Å². The van der Waals surface area contributed by atoms with Crippen LogP contribution in [0.5, 0.6) is 0 Å². The minimum absolute atomic E-state index is 0.0605. The SMILES string of the molecule is O=C(O)C1CC2CCC1N2C(=O)Nc1ccc(Br)cc1F. The fourth-order valence-electron chi connectivity index (χ4n) is 3.34. The zero-order valence-electron chi connectivity index (χ0n) is 11.1. The Bertz CT molecular complexity index is 610. The molecule has 21 heavy (non-hydrogen) atoms. The van der Waals surface area contributed by atoms with E-state index in [1.165, 1.54) is 12.1 Å². The number of amides is 2. The summed E-state index contributed by atoms with van der Waals surface area (Å²) in [4.78, 5) is 25.1. The Kier molecular flexibility index (Phi) is 3.61. The molecule has 1 aromatic rings. The van der Waals surface area contributed by atoms with Crippen LogP contribution in [0.15, 0.2) is 22.7 Å². The first kappa shape index (κ1) is 14.3. The minimum atomic E-state index is -0.866. The lowest BCUT2D eigenvalue weighted by molar-refractivity contribution is -0.142. The molecule has 2 saturated heterocycles. The van der Waals surface area contributed by atoms with Crippen molar-refractivity contribution in [3.63, 3.8) is 0 Å². The maximum absolute atomic E-state index is 13.8. The smallest absolute Gasteiger partial charge is 0.322 e. The number of carboxylic acid groups (broad SMARTS) is 1. The molecular formula is C14H14BrFN2O3. The van der Waals surface area contributed by atoms with E-state index < -0.39 is 23.7 Å². The molecule has 5 nitrogen and oxygen atoms in total. The molecule has 3 unspecified atom stereocenters. The molecule has 0 radical (unpaired) electrons. The number of rotatable bonds is 2. The summed E-state index contributed by atoms with van der Waals surface area (Å²) in [5, 5.41) is 11.7. The summed E-state index contributed by atoms with van der Waals surface area (Å²) in [5.41, 5.74) is 0.0985. The first-order chi connectivity index (χ1) is 9.97. The second-order valence-corrected chi connectivity index (χ2v) is 6.36. The molecule has 2 aliphatic heterocycles. The molecule has 2 fully saturated rings. The number of aliphatic carboxylic acids is 1. The van der Waals surface area contributed by atoms with Crippen LogP contribution in [0.25, 0.3) is 0 Å². The first-order valence-electron chi connectivity index (χ1n) is 6.74. The van der Waals surface area contributed by atoms with E-state index in [2.05, 4.69) is 21.2 Å². The van der Waals surface area contributed by atoms with Gasteiger partial charge in [-0.25, -0.2) is 9.18 Å². The second-order valence-electron chi connectivity index (χ2n) is 5.44. The third kappa shape index (κ3) is 2.50. The van der Waals surface area contributed by atoms with Crippen molar-refractivity contribution < 1.29 is 19.1 Å². The van der Waals surface area contributed by atoms with Crippen LogP contribution in [0.4, 0.5) is 14.9 Å². The van der Waals surface area contributed by atoms with E-state index in [0.717, 1.165) is 6.42 Å². The van der Waals surface area contributed by atoms with Crippen LogP contribution in [-0.2, 0) is 4.79 Å². The van der Waals surface area contributed by atoms with E-state index >= 15 is 0 Å². The summed E-state index contributed by atoms with van der Waals surface area (Å²) in [6.45, 7) is 0. The Morgan fingerprint density at radius 1 is 1.38 bits per heavy atom. The number of carbonyl (C=O) groups excluding carboxylic acids is 1. The van der Waals surface area contributed by atoms with Crippen LogP contribution in [0.1, 0.15) is 19.3 Å². The third-order valence-electron chi connectivity index (χ3n) is 4.26. The third-order valence-corrected chi connectivity index (χ3v) is 4.75. The second kappa shape index (κ2) is 5.29. The van der Waals surface area contributed by atoms with E-state index in [1.54, 1.807) is 11.0 Å². The van der Waals surface area contributed by atoms with Gasteiger partial charge in [0.1, 0.15) is 5.82 Å². The molecule has 0 aromatic heterocycles. The molecule has 3 atom stereocenters. The van der Waals surface area contributed by atoms with Gasteiger partial charge >= 0.3 is 12.0 Å². The van der Waals surface area contributed by atoms with E-state index in [0.29, 0.717) is 17.3 Å². The Hall–Kier alpha value is -1.63. The summed E-state index contributed by atoms with van der Waals surface area (Å²) in [5.74, 6) is -1.90. The van der Waals surface area contributed by atoms with Crippen LogP contribution < -0.4 is 5.32 Å². The lowest BCUT2D eigenvalue weighted by Gasteiger charge is -2.23. The Labute approximate surface area is 129 Å². The predicted octanol–water partition coefficient (Wildman–Crippen LogP) is 3.06. The van der Waals surface area contributed by atoms with Gasteiger partial charge in [-0.3, -0.25) is 4.79 Å². The van der Waals surface area contributed by atoms with E-state index in [-0.39, 0.29) is 17.8 Å². The van der Waals surface area contributed by atoms with Crippen LogP contribution in [0.3, 0.4) is 0 Å². The zero-order valence-corrected chi connectivity index (χ0v) is 12.6. The molecular weight excluding hydrogens is 343 g/mol. The molecule has 2 N–H and O–H groups in total. The predicted molar refractivity (Wildman–Crippen MR) is 77.5 cm³/mol. The monoisotopic (exact) mass is 356 g/mol. The molecule has 2 bridgehead atoms. The quantitative estimate of drug-likeness (QED) is 0.855. The molecule has 2 heterocycles. The van der Waals surface area contributed by atoms with Gasteiger partial charge in [0.15, 0.2) is 0 Å². The Morgan fingerprint density at radius 2 is 2.14 bits per heavy atom. The van der Waals surface area contributed by atoms with Gasteiger partial charge in [0, 0.05) is 16.6 Å². The van der Waals surface area contributed by atoms with Gasteiger partial charge in [-0.05, 0) is 37.5 Å². The number of anilines is 1. The number of nitrogens with zero attached hydrogens (tertiary/aromatic N) is 1. The number of carbonyl (C=O) groups is 2. The normalized spacial score (nSPS) is 27.0. The van der Waals surface area contributed by atoms with Gasteiger partial charge < -0.3 is 15.3 Å². The van der Waals surface area contributed by atoms with Crippen LogP contribution in [0, 0.1) is 11.7 Å². The number of fused-ring (bicyclic) bond motifs is 2. The lowest BCUT2D eigenvalue weighted by atomic mass is 9.89. The van der Waals surface area contributed by atoms with Crippen LogP contribution in [0.2, 0.25) is 0 Å². The molecule has 0 saturated carbocycles. The maximum Gasteiger partial charge on any atom is 0.322 e. The number of nitrogens with one attached hydrogen (secondary N) is 1. The molecule has 0 spiro atoms. The standard InChI is InChI=1S/C14H14BrFN2O3/c15-7-1-3-11(10(16)5-7)17-14(21)18-8-2-4-12(18)9(6-8)13(19)20/h1,3,5,8-9,12H,2,4,6H2,(H,17,21)(H,19,20). The molecule has 112 valence electrons. The molecule has 3 rings (SSSR count). The molecule has 2 amide bonds. The summed E-state index contributed by atoms with van der Waals surface area (Å²) < 4.78 is 14.3. The highest BCUT2D eigenvalue weighted by Gasteiger charge is 2.51. The fraction of sp³-hybridized carbons (Fsp3) is 0.429. The number of halogens is 2. The van der Waals surface area contributed by atoms with Gasteiger partial charge in [-0.15, -0.1) is 0 Å². The highest BCUT2D eigenvalue weighted by molar-refractivity contribution is 9.10. The number of hydrogen-bond donors (Lipinski definition) is 2.